The second-order valence-corrected chi connectivity index (χ2v) is 6.63. The van der Waals surface area contributed by atoms with Gasteiger partial charge in [0.05, 0.1) is 0 Å². The van der Waals surface area contributed by atoms with Gasteiger partial charge in [0.2, 0.25) is 0 Å². The number of hydrogen-bond donors (Lipinski definition) is 1. The van der Waals surface area contributed by atoms with E-state index in [1.165, 1.54) is 51.5 Å². The molecule has 0 radical (unpaired) electrons. The molecule has 2 aliphatic carbocycles. The van der Waals surface area contributed by atoms with Gasteiger partial charge in [-0.1, -0.05) is 50.5 Å². The Balaban J connectivity index is 1.53. The second kappa shape index (κ2) is 5.05. The third-order valence-electron chi connectivity index (χ3n) is 4.93. The van der Waals surface area contributed by atoms with Crippen molar-refractivity contribution < 1.29 is 0 Å². The van der Waals surface area contributed by atoms with Crippen molar-refractivity contribution in [3.63, 3.8) is 0 Å². The van der Waals surface area contributed by atoms with Gasteiger partial charge in [-0.3, -0.25) is 0 Å². The highest BCUT2D eigenvalue weighted by Crippen LogP contribution is 2.35. The Hall–Kier alpha value is -0.820. The van der Waals surface area contributed by atoms with Crippen LogP contribution in [0.5, 0.6) is 0 Å². The van der Waals surface area contributed by atoms with Crippen LogP contribution in [0, 0.1) is 5.41 Å². The van der Waals surface area contributed by atoms with Crippen LogP contribution in [-0.4, -0.2) is 12.6 Å². The third-order valence-corrected chi connectivity index (χ3v) is 4.93. The van der Waals surface area contributed by atoms with Crippen LogP contribution in [0.25, 0.3) is 0 Å². The molecule has 1 aromatic rings. The summed E-state index contributed by atoms with van der Waals surface area (Å²) < 4.78 is 0. The molecular weight excluding hydrogens is 218 g/mol. The monoisotopic (exact) mass is 243 g/mol. The first kappa shape index (κ1) is 12.2. The molecule has 0 spiro atoms. The molecule has 0 bridgehead atoms. The van der Waals surface area contributed by atoms with Gasteiger partial charge in [-0.25, -0.2) is 0 Å². The first-order valence-electron chi connectivity index (χ1n) is 7.55. The van der Waals surface area contributed by atoms with Crippen LogP contribution in [0.3, 0.4) is 0 Å². The zero-order valence-electron chi connectivity index (χ0n) is 11.5. The zero-order chi connectivity index (χ0) is 12.4. The minimum absolute atomic E-state index is 0.563. The molecule has 0 saturated heterocycles. The first-order valence-corrected chi connectivity index (χ1v) is 7.55. The molecule has 0 atom stereocenters. The summed E-state index contributed by atoms with van der Waals surface area (Å²) in [6.07, 6.45) is 9.61. The molecule has 0 unspecified atom stereocenters. The average Bonchev–Trinajstić information content (AvgIpc) is 2.80. The third kappa shape index (κ3) is 2.61. The van der Waals surface area contributed by atoms with Crippen LogP contribution in [0.2, 0.25) is 0 Å². The van der Waals surface area contributed by atoms with E-state index in [0.29, 0.717) is 11.5 Å². The maximum Gasteiger partial charge on any atom is 0.0148 e. The fourth-order valence-electron chi connectivity index (χ4n) is 3.68. The highest BCUT2D eigenvalue weighted by atomic mass is 14.9. The van der Waals surface area contributed by atoms with E-state index in [-0.39, 0.29) is 0 Å². The maximum absolute atomic E-state index is 3.84. The molecule has 0 aliphatic heterocycles. The van der Waals surface area contributed by atoms with Gasteiger partial charge < -0.3 is 5.32 Å². The minimum Gasteiger partial charge on any atom is -0.313 e. The van der Waals surface area contributed by atoms with Crippen molar-refractivity contribution in [2.75, 3.05) is 6.54 Å². The summed E-state index contributed by atoms with van der Waals surface area (Å²) in [4.78, 5) is 0. The van der Waals surface area contributed by atoms with Crippen molar-refractivity contribution in [2.24, 2.45) is 5.41 Å². The van der Waals surface area contributed by atoms with Gasteiger partial charge in [0, 0.05) is 12.6 Å². The lowest BCUT2D eigenvalue weighted by molar-refractivity contribution is 0.201. The Morgan fingerprint density at radius 3 is 2.28 bits per heavy atom. The quantitative estimate of drug-likeness (QED) is 0.853. The van der Waals surface area contributed by atoms with Crippen LogP contribution in [-0.2, 0) is 12.8 Å². The van der Waals surface area contributed by atoms with E-state index < -0.39 is 0 Å². The van der Waals surface area contributed by atoms with Gasteiger partial charge in [-0.05, 0) is 42.2 Å². The fraction of sp³-hybridized carbons (Fsp3) is 0.647. The van der Waals surface area contributed by atoms with Gasteiger partial charge in [-0.2, -0.15) is 0 Å². The van der Waals surface area contributed by atoms with Gasteiger partial charge in [0.25, 0.3) is 0 Å². The van der Waals surface area contributed by atoms with E-state index >= 15 is 0 Å². The van der Waals surface area contributed by atoms with Gasteiger partial charge in [-0.15, -0.1) is 0 Å². The van der Waals surface area contributed by atoms with E-state index in [4.69, 9.17) is 0 Å². The number of rotatable bonds is 3. The summed E-state index contributed by atoms with van der Waals surface area (Å²) in [5, 5.41) is 3.84. The molecule has 0 heterocycles. The van der Waals surface area contributed by atoms with Gasteiger partial charge in [0.15, 0.2) is 0 Å². The summed E-state index contributed by atoms with van der Waals surface area (Å²) in [5.41, 5.74) is 3.68. The molecule has 1 fully saturated rings. The first-order chi connectivity index (χ1) is 8.75. The van der Waals surface area contributed by atoms with Crippen LogP contribution in [0.1, 0.15) is 50.2 Å². The number of nitrogens with one attached hydrogen (secondary N) is 1. The van der Waals surface area contributed by atoms with E-state index in [1.54, 1.807) is 11.1 Å². The number of benzene rings is 1. The van der Waals surface area contributed by atoms with E-state index in [9.17, 15) is 0 Å². The molecule has 0 amide bonds. The predicted molar refractivity (Wildman–Crippen MR) is 76.8 cm³/mol. The Labute approximate surface area is 111 Å². The lowest BCUT2D eigenvalue weighted by Gasteiger charge is -2.34. The molecule has 0 aromatic heterocycles. The van der Waals surface area contributed by atoms with Crippen LogP contribution in [0.4, 0.5) is 0 Å². The normalized spacial score (nSPS) is 22.9. The Bertz CT molecular complexity index is 379. The lowest BCUT2D eigenvalue weighted by Crippen LogP contribution is -2.39. The van der Waals surface area contributed by atoms with Crippen LogP contribution in [0.15, 0.2) is 24.3 Å². The van der Waals surface area contributed by atoms with E-state index in [2.05, 4.69) is 36.5 Å². The molecule has 18 heavy (non-hydrogen) atoms. The SMILES string of the molecule is CC1(CNC2Cc3ccccc3C2)CCCCC1. The van der Waals surface area contributed by atoms with Crippen molar-refractivity contribution in [3.05, 3.63) is 35.4 Å². The predicted octanol–water partition coefficient (Wildman–Crippen LogP) is 3.71. The molecule has 1 N–H and O–H groups in total. The van der Waals surface area contributed by atoms with Crippen LogP contribution >= 0.6 is 0 Å². The summed E-state index contributed by atoms with van der Waals surface area (Å²) in [6, 6.07) is 9.60. The van der Waals surface area contributed by atoms with Crippen molar-refractivity contribution in [1.82, 2.24) is 5.32 Å². The summed E-state index contributed by atoms with van der Waals surface area (Å²) in [5.74, 6) is 0. The van der Waals surface area contributed by atoms with E-state index in [0.717, 1.165) is 0 Å². The Morgan fingerprint density at radius 2 is 1.67 bits per heavy atom. The second-order valence-electron chi connectivity index (χ2n) is 6.63. The standard InChI is InChI=1S/C17H25N/c1-17(9-5-2-6-10-17)13-18-16-11-14-7-3-4-8-15(14)12-16/h3-4,7-8,16,18H,2,5-6,9-13H2,1H3. The molecule has 3 rings (SSSR count). The fourth-order valence-corrected chi connectivity index (χ4v) is 3.68. The van der Waals surface area contributed by atoms with E-state index in [1.807, 2.05) is 0 Å². The summed E-state index contributed by atoms with van der Waals surface area (Å²) in [7, 11) is 0. The Kier molecular flexibility index (Phi) is 3.43. The smallest absolute Gasteiger partial charge is 0.0148 e. The number of fused-ring (bicyclic) bond motifs is 1. The van der Waals surface area contributed by atoms with Crippen LogP contribution < -0.4 is 5.32 Å². The highest BCUT2D eigenvalue weighted by molar-refractivity contribution is 5.33. The summed E-state index contributed by atoms with van der Waals surface area (Å²) >= 11 is 0. The Morgan fingerprint density at radius 1 is 1.06 bits per heavy atom. The lowest BCUT2D eigenvalue weighted by atomic mass is 9.75. The molecule has 2 aliphatic rings. The largest absolute Gasteiger partial charge is 0.313 e. The maximum atomic E-state index is 3.84. The molecular formula is C17H25N. The summed E-state index contributed by atoms with van der Waals surface area (Å²) in [6.45, 7) is 3.69. The van der Waals surface area contributed by atoms with Crippen molar-refractivity contribution in [2.45, 2.75) is 57.9 Å². The minimum atomic E-state index is 0.563. The average molecular weight is 243 g/mol. The topological polar surface area (TPSA) is 12.0 Å². The zero-order valence-corrected chi connectivity index (χ0v) is 11.5. The molecule has 1 heteroatoms. The molecule has 1 saturated carbocycles. The molecule has 1 nitrogen and oxygen atoms in total. The number of hydrogen-bond acceptors (Lipinski definition) is 1. The van der Waals surface area contributed by atoms with Crippen molar-refractivity contribution in [1.29, 1.82) is 0 Å². The van der Waals surface area contributed by atoms with Gasteiger partial charge >= 0.3 is 0 Å². The molecule has 98 valence electrons. The highest BCUT2D eigenvalue weighted by Gasteiger charge is 2.28. The van der Waals surface area contributed by atoms with Gasteiger partial charge in [0.1, 0.15) is 0 Å². The van der Waals surface area contributed by atoms with Crippen molar-refractivity contribution in [3.8, 4) is 0 Å². The molecule has 1 aromatic carbocycles. The van der Waals surface area contributed by atoms with Crippen molar-refractivity contribution >= 4 is 0 Å².